The molecule has 0 fully saturated rings. The fourth-order valence-corrected chi connectivity index (χ4v) is 5.00. The summed E-state index contributed by atoms with van der Waals surface area (Å²) < 4.78 is 99.1. The number of halogens is 4. The van der Waals surface area contributed by atoms with Crippen LogP contribution < -0.4 is 24.7 Å². The average molecular weight is 566 g/mol. The Morgan fingerprint density at radius 3 is 2.44 bits per heavy atom. The molecular formula is C26H23F4N3O5S. The Morgan fingerprint density at radius 2 is 1.74 bits per heavy atom. The van der Waals surface area contributed by atoms with Gasteiger partial charge in [-0.25, -0.2) is 12.8 Å². The molecule has 4 aromatic rings. The van der Waals surface area contributed by atoms with E-state index < -0.39 is 32.5 Å². The van der Waals surface area contributed by atoms with E-state index in [1.54, 1.807) is 12.1 Å². The van der Waals surface area contributed by atoms with Crippen LogP contribution in [0.1, 0.15) is 12.0 Å². The number of methoxy groups -OCH3 is 1. The van der Waals surface area contributed by atoms with Crippen LogP contribution in [0.25, 0.3) is 10.9 Å². The second kappa shape index (κ2) is 11.3. The summed E-state index contributed by atoms with van der Waals surface area (Å²) in [4.78, 5) is 3.33. The third-order valence-electron chi connectivity index (χ3n) is 5.49. The molecule has 3 aromatic carbocycles. The van der Waals surface area contributed by atoms with Crippen molar-refractivity contribution in [3.63, 3.8) is 0 Å². The average Bonchev–Trinajstić information content (AvgIpc) is 2.89. The summed E-state index contributed by atoms with van der Waals surface area (Å²) in [5, 5.41) is 0.480. The van der Waals surface area contributed by atoms with Gasteiger partial charge in [0.2, 0.25) is 0 Å². The molecule has 0 spiro atoms. The van der Waals surface area contributed by atoms with Gasteiger partial charge in [0.05, 0.1) is 29.9 Å². The summed E-state index contributed by atoms with van der Waals surface area (Å²) in [6, 6.07) is 11.6. The first kappa shape index (κ1) is 27.9. The molecule has 0 radical (unpaired) electrons. The molecular weight excluding hydrogens is 542 g/mol. The molecule has 0 saturated heterocycles. The minimum Gasteiger partial charge on any atom is -0.491 e. The number of nitrogens with zero attached hydrogens (tertiary/aromatic N) is 1. The lowest BCUT2D eigenvalue weighted by Crippen LogP contribution is -2.19. The van der Waals surface area contributed by atoms with Gasteiger partial charge in [-0.15, -0.1) is 0 Å². The normalized spacial score (nSPS) is 11.8. The van der Waals surface area contributed by atoms with Gasteiger partial charge in [0.25, 0.3) is 10.0 Å². The minimum atomic E-state index is -4.90. The maximum Gasteiger partial charge on any atom is 0.417 e. The summed E-state index contributed by atoms with van der Waals surface area (Å²) in [5.74, 6) is -0.211. The number of sulfonamides is 1. The summed E-state index contributed by atoms with van der Waals surface area (Å²) in [6.07, 6.45) is -2.83. The number of hydrogen-bond acceptors (Lipinski definition) is 7. The topological polar surface area (TPSA) is 113 Å². The van der Waals surface area contributed by atoms with Gasteiger partial charge < -0.3 is 19.9 Å². The summed E-state index contributed by atoms with van der Waals surface area (Å²) in [6.45, 7) is 0.830. The van der Waals surface area contributed by atoms with Gasteiger partial charge in [0.15, 0.2) is 23.1 Å². The van der Waals surface area contributed by atoms with Gasteiger partial charge in [-0.2, -0.15) is 13.2 Å². The molecule has 3 N–H and O–H groups in total. The fourth-order valence-electron chi connectivity index (χ4n) is 3.73. The number of hydrogen-bond donors (Lipinski definition) is 2. The monoisotopic (exact) mass is 565 g/mol. The zero-order valence-corrected chi connectivity index (χ0v) is 21.3. The Morgan fingerprint density at radius 1 is 1.00 bits per heavy atom. The van der Waals surface area contributed by atoms with Gasteiger partial charge in [-0.1, -0.05) is 12.1 Å². The van der Waals surface area contributed by atoms with E-state index in [2.05, 4.69) is 4.98 Å². The van der Waals surface area contributed by atoms with E-state index in [0.717, 1.165) is 30.3 Å². The number of benzene rings is 3. The van der Waals surface area contributed by atoms with Crippen LogP contribution in [-0.2, 0) is 16.2 Å². The molecule has 13 heteroatoms. The van der Waals surface area contributed by atoms with Crippen molar-refractivity contribution in [1.29, 1.82) is 0 Å². The Balaban J connectivity index is 1.60. The van der Waals surface area contributed by atoms with Gasteiger partial charge in [-0.3, -0.25) is 9.71 Å². The predicted molar refractivity (Wildman–Crippen MR) is 136 cm³/mol. The molecule has 0 aliphatic rings. The van der Waals surface area contributed by atoms with Crippen LogP contribution in [0, 0.1) is 5.82 Å². The smallest absolute Gasteiger partial charge is 0.417 e. The van der Waals surface area contributed by atoms with E-state index in [1.807, 2.05) is 4.72 Å². The van der Waals surface area contributed by atoms with E-state index in [4.69, 9.17) is 19.9 Å². The minimum absolute atomic E-state index is 0.221. The lowest BCUT2D eigenvalue weighted by molar-refractivity contribution is -0.139. The highest BCUT2D eigenvalue weighted by Gasteiger charge is 2.37. The van der Waals surface area contributed by atoms with Crippen LogP contribution in [-0.4, -0.2) is 33.7 Å². The number of rotatable bonds is 10. The van der Waals surface area contributed by atoms with Crippen LogP contribution in [0.4, 0.5) is 23.2 Å². The molecule has 8 nitrogen and oxygen atoms in total. The molecule has 1 heterocycles. The first-order chi connectivity index (χ1) is 18.5. The first-order valence-corrected chi connectivity index (χ1v) is 13.0. The SMILES string of the molecule is COc1c(OCCCN)ccc2c(Oc3ccc(NS(=O)(=O)c4ccccc4C(F)(F)F)cc3F)ccnc12. The largest absolute Gasteiger partial charge is 0.491 e. The van der Waals surface area contributed by atoms with Crippen molar-refractivity contribution in [2.24, 2.45) is 5.73 Å². The number of aromatic nitrogens is 1. The van der Waals surface area contributed by atoms with Crippen molar-refractivity contribution < 1.29 is 40.2 Å². The van der Waals surface area contributed by atoms with Crippen molar-refractivity contribution >= 4 is 26.6 Å². The molecule has 0 amide bonds. The molecule has 39 heavy (non-hydrogen) atoms. The molecule has 0 unspecified atom stereocenters. The fraction of sp³-hybridized carbons (Fsp3) is 0.192. The van der Waals surface area contributed by atoms with Crippen LogP contribution in [0.2, 0.25) is 0 Å². The Hall–Kier alpha value is -4.10. The third kappa shape index (κ3) is 6.15. The van der Waals surface area contributed by atoms with Gasteiger partial charge in [-0.05, 0) is 55.4 Å². The molecule has 0 saturated carbocycles. The van der Waals surface area contributed by atoms with Gasteiger partial charge in [0.1, 0.15) is 11.3 Å². The van der Waals surface area contributed by atoms with Crippen LogP contribution in [0.5, 0.6) is 23.0 Å². The predicted octanol–water partition coefficient (Wildman–Crippen LogP) is 5.72. The maximum atomic E-state index is 15.0. The summed E-state index contributed by atoms with van der Waals surface area (Å²) in [5.41, 5.74) is 4.26. The Labute approximate surface area is 221 Å². The highest BCUT2D eigenvalue weighted by atomic mass is 32.2. The van der Waals surface area contributed by atoms with Gasteiger partial charge >= 0.3 is 6.18 Å². The maximum absolute atomic E-state index is 15.0. The van der Waals surface area contributed by atoms with Crippen LogP contribution in [0.15, 0.2) is 71.8 Å². The third-order valence-corrected chi connectivity index (χ3v) is 6.93. The second-order valence-corrected chi connectivity index (χ2v) is 9.79. The zero-order valence-electron chi connectivity index (χ0n) is 20.5. The molecule has 0 aliphatic carbocycles. The van der Waals surface area contributed by atoms with E-state index >= 15 is 0 Å². The van der Waals surface area contributed by atoms with Crippen molar-refractivity contribution in [1.82, 2.24) is 4.98 Å². The number of anilines is 1. The highest BCUT2D eigenvalue weighted by molar-refractivity contribution is 7.92. The Bertz CT molecular complexity index is 1600. The highest BCUT2D eigenvalue weighted by Crippen LogP contribution is 2.40. The van der Waals surface area contributed by atoms with E-state index in [9.17, 15) is 26.0 Å². The molecule has 206 valence electrons. The standard InChI is InChI=1S/C26H23F4N3O5S/c1-36-25-22(37-14-4-12-31)10-8-17-20(11-13-32-24(17)25)38-21-9-7-16(15-19(21)27)33-39(34,35)23-6-3-2-5-18(23)26(28,29)30/h2-3,5-11,13,15,33H,4,12,14,31H2,1H3. The van der Waals surface area contributed by atoms with Crippen molar-refractivity contribution in [2.75, 3.05) is 25.0 Å². The van der Waals surface area contributed by atoms with Crippen LogP contribution >= 0.6 is 0 Å². The van der Waals surface area contributed by atoms with Gasteiger partial charge in [0, 0.05) is 17.6 Å². The van der Waals surface area contributed by atoms with Crippen LogP contribution in [0.3, 0.4) is 0 Å². The lowest BCUT2D eigenvalue weighted by atomic mass is 10.1. The summed E-state index contributed by atoms with van der Waals surface area (Å²) in [7, 11) is -3.23. The van der Waals surface area contributed by atoms with E-state index in [-0.39, 0.29) is 17.2 Å². The number of nitrogens with two attached hydrogens (primary N) is 1. The molecule has 1 aromatic heterocycles. The molecule has 0 atom stereocenters. The number of alkyl halides is 3. The second-order valence-electron chi connectivity index (χ2n) is 8.14. The lowest BCUT2D eigenvalue weighted by Gasteiger charge is -2.16. The summed E-state index contributed by atoms with van der Waals surface area (Å²) >= 11 is 0. The zero-order chi connectivity index (χ0) is 28.2. The quantitative estimate of drug-likeness (QED) is 0.187. The number of ether oxygens (including phenoxy) is 3. The molecule has 4 rings (SSSR count). The number of fused-ring (bicyclic) bond motifs is 1. The number of pyridine rings is 1. The molecule has 0 aliphatic heterocycles. The van der Waals surface area contributed by atoms with Crippen molar-refractivity contribution in [2.45, 2.75) is 17.5 Å². The van der Waals surface area contributed by atoms with E-state index in [0.29, 0.717) is 48.0 Å². The van der Waals surface area contributed by atoms with Crippen molar-refractivity contribution in [3.05, 3.63) is 78.2 Å². The first-order valence-electron chi connectivity index (χ1n) is 11.5. The number of nitrogens with one attached hydrogen (secondary N) is 1. The van der Waals surface area contributed by atoms with E-state index in [1.165, 1.54) is 25.4 Å². The van der Waals surface area contributed by atoms with Crippen molar-refractivity contribution in [3.8, 4) is 23.0 Å². The molecule has 0 bridgehead atoms. The Kier molecular flexibility index (Phi) is 8.11.